The van der Waals surface area contributed by atoms with E-state index < -0.39 is 0 Å². The predicted octanol–water partition coefficient (Wildman–Crippen LogP) is 2.96. The molecule has 3 N–H and O–H groups in total. The van der Waals surface area contributed by atoms with Gasteiger partial charge in [0.1, 0.15) is 0 Å². The van der Waals surface area contributed by atoms with Crippen LogP contribution < -0.4 is 0 Å². The van der Waals surface area contributed by atoms with Crippen LogP contribution in [0.1, 0.15) is 33.6 Å². The monoisotopic (exact) mass is 461 g/mol. The molecule has 0 aromatic carbocycles. The molecule has 0 aliphatic heterocycles. The average molecular weight is 460 g/mol. The molecule has 0 amide bonds. The third-order valence-electron chi connectivity index (χ3n) is 1.97. The topological polar surface area (TPSA) is 60.7 Å². The number of hydrogen-bond donors (Lipinski definition) is 3. The molecular weight excluding hydrogens is 431 g/mol. The molecule has 0 heterocycles. The van der Waals surface area contributed by atoms with E-state index in [2.05, 4.69) is 42.9 Å². The average Bonchev–Trinajstić information content (AvgIpc) is 3.06. The van der Waals surface area contributed by atoms with E-state index in [1.54, 1.807) is 20.8 Å². The molecule has 0 fully saturated rings. The molecule has 0 saturated heterocycles. The van der Waals surface area contributed by atoms with Gasteiger partial charge in [-0.15, -0.1) is 12.2 Å². The molecule has 0 radical (unpaired) electrons. The summed E-state index contributed by atoms with van der Waals surface area (Å²) in [6.45, 7) is 5.79. The standard InChI is InChI=1S/C11H11.3C2H6O.Hf/c1-2-6-10(5-1)9-11-7-3-4-8-11;3*1-2-3;/h1-5,7,9H,6,8H2;3*3H,2H2,1H3;/q-1;;;;. The largest absolute Gasteiger partial charge is 0.397 e. The molecule has 0 spiro atoms. The molecule has 3 nitrogen and oxygen atoms in total. The number of aliphatic hydroxyl groups is 3. The van der Waals surface area contributed by atoms with Crippen molar-refractivity contribution in [2.45, 2.75) is 33.6 Å². The van der Waals surface area contributed by atoms with Gasteiger partial charge in [-0.25, -0.2) is 0 Å². The van der Waals surface area contributed by atoms with E-state index >= 15 is 0 Å². The number of aliphatic hydroxyl groups excluding tert-OH is 3. The second-order valence-electron chi connectivity index (χ2n) is 3.84. The smallest absolute Gasteiger partial charge is 0.0402 e. The van der Waals surface area contributed by atoms with Gasteiger partial charge in [-0.1, -0.05) is 12.2 Å². The number of hydrogen-bond acceptors (Lipinski definition) is 3. The molecule has 120 valence electrons. The van der Waals surface area contributed by atoms with Crippen molar-refractivity contribution in [2.24, 2.45) is 0 Å². The van der Waals surface area contributed by atoms with Crippen molar-refractivity contribution in [3.05, 3.63) is 54.0 Å². The molecule has 2 aliphatic rings. The van der Waals surface area contributed by atoms with E-state index in [1.165, 1.54) is 11.1 Å². The van der Waals surface area contributed by atoms with Gasteiger partial charge in [-0.05, 0) is 33.6 Å². The second-order valence-corrected chi connectivity index (χ2v) is 3.84. The molecule has 0 atom stereocenters. The van der Waals surface area contributed by atoms with Crippen LogP contribution in [0.15, 0.2) is 47.6 Å². The fourth-order valence-electron chi connectivity index (χ4n) is 1.38. The molecule has 0 aromatic rings. The molecule has 4 heteroatoms. The molecule has 0 aromatic heterocycles. The summed E-state index contributed by atoms with van der Waals surface area (Å²) in [5.41, 5.74) is 2.86. The predicted molar refractivity (Wildman–Crippen MR) is 86.3 cm³/mol. The van der Waals surface area contributed by atoms with Crippen molar-refractivity contribution in [2.75, 3.05) is 19.8 Å². The van der Waals surface area contributed by atoms with Crippen LogP contribution >= 0.6 is 0 Å². The van der Waals surface area contributed by atoms with E-state index in [4.69, 9.17) is 15.3 Å². The maximum Gasteiger partial charge on any atom is 0.0402 e. The minimum atomic E-state index is 0. The molecule has 0 unspecified atom stereocenters. The zero-order valence-corrected chi connectivity index (χ0v) is 17.0. The van der Waals surface area contributed by atoms with Crippen LogP contribution in [0.2, 0.25) is 0 Å². The normalized spacial score (nSPS) is 13.2. The Hall–Kier alpha value is -0.420. The Morgan fingerprint density at radius 1 is 0.810 bits per heavy atom. The first-order valence-electron chi connectivity index (χ1n) is 7.08. The molecule has 0 saturated carbocycles. The summed E-state index contributed by atoms with van der Waals surface area (Å²) in [6, 6.07) is 0. The quantitative estimate of drug-likeness (QED) is 0.439. The molecule has 2 aliphatic carbocycles. The van der Waals surface area contributed by atoms with Crippen molar-refractivity contribution >= 4 is 0 Å². The van der Waals surface area contributed by atoms with E-state index in [0.717, 1.165) is 12.8 Å². The zero-order valence-electron chi connectivity index (χ0n) is 13.4. The van der Waals surface area contributed by atoms with Crippen LogP contribution in [0.4, 0.5) is 0 Å². The van der Waals surface area contributed by atoms with Crippen molar-refractivity contribution < 1.29 is 41.2 Å². The van der Waals surface area contributed by atoms with Crippen molar-refractivity contribution in [1.82, 2.24) is 0 Å². The molecular formula is C17H29HfO3-. The summed E-state index contributed by atoms with van der Waals surface area (Å²) in [6.07, 6.45) is 17.5. The van der Waals surface area contributed by atoms with Gasteiger partial charge < -0.3 is 15.3 Å². The molecule has 2 rings (SSSR count). The van der Waals surface area contributed by atoms with Gasteiger partial charge in [0.25, 0.3) is 0 Å². The fraction of sp³-hybridized carbons (Fsp3) is 0.471. The van der Waals surface area contributed by atoms with Crippen LogP contribution in [0.3, 0.4) is 0 Å². The maximum atomic E-state index is 7.57. The Balaban J connectivity index is -0.000000276. The van der Waals surface area contributed by atoms with Gasteiger partial charge in [-0.2, -0.15) is 29.7 Å². The summed E-state index contributed by atoms with van der Waals surface area (Å²) in [5.74, 6) is 0. The Kier molecular flexibility index (Phi) is 26.6. The van der Waals surface area contributed by atoms with E-state index in [-0.39, 0.29) is 45.7 Å². The van der Waals surface area contributed by atoms with Crippen LogP contribution in [-0.2, 0) is 25.8 Å². The summed E-state index contributed by atoms with van der Waals surface area (Å²) in [7, 11) is 0. The van der Waals surface area contributed by atoms with Gasteiger partial charge in [0.2, 0.25) is 0 Å². The van der Waals surface area contributed by atoms with E-state index in [0.29, 0.717) is 0 Å². The van der Waals surface area contributed by atoms with Crippen molar-refractivity contribution in [3.63, 3.8) is 0 Å². The number of rotatable bonds is 2. The molecule has 21 heavy (non-hydrogen) atoms. The van der Waals surface area contributed by atoms with Gasteiger partial charge in [0.15, 0.2) is 0 Å². The molecule has 0 bridgehead atoms. The van der Waals surface area contributed by atoms with Gasteiger partial charge in [0, 0.05) is 45.7 Å². The van der Waals surface area contributed by atoms with Crippen LogP contribution in [-0.4, -0.2) is 35.1 Å². The van der Waals surface area contributed by atoms with Crippen LogP contribution in [0, 0.1) is 6.42 Å². The van der Waals surface area contributed by atoms with Crippen LogP contribution in [0.5, 0.6) is 0 Å². The third kappa shape index (κ3) is 19.6. The zero-order chi connectivity index (χ0) is 15.6. The summed E-state index contributed by atoms with van der Waals surface area (Å²) >= 11 is 0. The number of allylic oxidation sites excluding steroid dienone is 8. The summed E-state index contributed by atoms with van der Waals surface area (Å²) in [5, 5.41) is 22.7. The minimum Gasteiger partial charge on any atom is -0.397 e. The Morgan fingerprint density at radius 2 is 1.10 bits per heavy atom. The Morgan fingerprint density at radius 3 is 1.29 bits per heavy atom. The first kappa shape index (κ1) is 25.5. The first-order valence-corrected chi connectivity index (χ1v) is 7.08. The second kappa shape index (κ2) is 21.9. The van der Waals surface area contributed by atoms with Crippen molar-refractivity contribution in [3.8, 4) is 0 Å². The summed E-state index contributed by atoms with van der Waals surface area (Å²) < 4.78 is 0. The Bertz CT molecular complexity index is 285. The van der Waals surface area contributed by atoms with Gasteiger partial charge >= 0.3 is 0 Å². The van der Waals surface area contributed by atoms with Crippen molar-refractivity contribution in [1.29, 1.82) is 0 Å². The van der Waals surface area contributed by atoms with Gasteiger partial charge in [-0.3, -0.25) is 0 Å². The Labute approximate surface area is 148 Å². The third-order valence-corrected chi connectivity index (χ3v) is 1.97. The van der Waals surface area contributed by atoms with Crippen LogP contribution in [0.25, 0.3) is 0 Å². The summed E-state index contributed by atoms with van der Waals surface area (Å²) in [4.78, 5) is 0. The van der Waals surface area contributed by atoms with E-state index in [1.807, 2.05) is 0 Å². The minimum absolute atomic E-state index is 0. The first-order chi connectivity index (χ1) is 9.69. The SMILES string of the molecule is C1=CCC([CH-]C2=CC=CC2)=C1.CCO.CCO.CCO.[Hf]. The maximum absolute atomic E-state index is 7.57. The van der Waals surface area contributed by atoms with E-state index in [9.17, 15) is 0 Å². The van der Waals surface area contributed by atoms with Gasteiger partial charge in [0.05, 0.1) is 0 Å². The fourth-order valence-corrected chi connectivity index (χ4v) is 1.38.